The van der Waals surface area contributed by atoms with Gasteiger partial charge in [-0.15, -0.1) is 0 Å². The van der Waals surface area contributed by atoms with Crippen molar-refractivity contribution in [3.8, 4) is 11.1 Å². The lowest BCUT2D eigenvalue weighted by Gasteiger charge is -2.32. The van der Waals surface area contributed by atoms with Crippen LogP contribution in [0.1, 0.15) is 30.0 Å². The maximum Gasteiger partial charge on any atom is 0.333 e. The largest absolute Gasteiger partial charge is 0.457 e. The van der Waals surface area contributed by atoms with E-state index in [2.05, 4.69) is 164 Å². The third-order valence-corrected chi connectivity index (χ3v) is 8.41. The molecule has 5 aromatic carbocycles. The molecule has 234 valence electrons. The molecule has 0 aromatic heterocycles. The Balaban J connectivity index is 1.26. The van der Waals surface area contributed by atoms with Gasteiger partial charge in [0.1, 0.15) is 6.61 Å². The fourth-order valence-electron chi connectivity index (χ4n) is 5.77. The highest BCUT2D eigenvalue weighted by molar-refractivity contribution is 5.87. The number of hydrogen-bond donors (Lipinski definition) is 0. The van der Waals surface area contributed by atoms with Crippen LogP contribution in [0.25, 0.3) is 11.1 Å². The maximum absolute atomic E-state index is 11.9. The molecule has 1 atom stereocenters. The van der Waals surface area contributed by atoms with Crippen molar-refractivity contribution in [2.75, 3.05) is 9.80 Å². The summed E-state index contributed by atoms with van der Waals surface area (Å²) in [5.41, 5.74) is 11.6. The third-order valence-electron chi connectivity index (χ3n) is 8.41. The molecule has 1 unspecified atom stereocenters. The minimum absolute atomic E-state index is 0.210. The lowest BCUT2D eigenvalue weighted by atomic mass is 10.0. The van der Waals surface area contributed by atoms with E-state index in [0.29, 0.717) is 5.57 Å². The van der Waals surface area contributed by atoms with Crippen LogP contribution >= 0.6 is 0 Å². The van der Waals surface area contributed by atoms with E-state index in [4.69, 9.17) is 4.74 Å². The predicted molar refractivity (Wildman–Crippen MR) is 196 cm³/mol. The van der Waals surface area contributed by atoms with E-state index in [1.54, 1.807) is 6.92 Å². The van der Waals surface area contributed by atoms with Crippen LogP contribution in [-0.4, -0.2) is 12.0 Å². The summed E-state index contributed by atoms with van der Waals surface area (Å²) in [5.74, 6) is -0.382. The van der Waals surface area contributed by atoms with Gasteiger partial charge in [0.25, 0.3) is 0 Å². The number of allylic oxidation sites excluding steroid dienone is 2. The van der Waals surface area contributed by atoms with Gasteiger partial charge in [0.15, 0.2) is 0 Å². The average Bonchev–Trinajstić information content (AvgIpc) is 3.11. The number of carbonyl (C=O) groups excluding carboxylic acids is 1. The molecule has 0 saturated heterocycles. The molecule has 0 aliphatic heterocycles. The van der Waals surface area contributed by atoms with Crippen molar-refractivity contribution in [3.63, 3.8) is 0 Å². The molecule has 6 rings (SSSR count). The summed E-state index contributed by atoms with van der Waals surface area (Å²) >= 11 is 0. The van der Waals surface area contributed by atoms with Crippen LogP contribution in [0.15, 0.2) is 158 Å². The van der Waals surface area contributed by atoms with E-state index in [-0.39, 0.29) is 18.6 Å². The van der Waals surface area contributed by atoms with Gasteiger partial charge in [-0.25, -0.2) is 4.79 Å². The van der Waals surface area contributed by atoms with Crippen LogP contribution in [0.2, 0.25) is 0 Å². The highest BCUT2D eigenvalue weighted by atomic mass is 16.5. The van der Waals surface area contributed by atoms with Crippen molar-refractivity contribution in [3.05, 3.63) is 174 Å². The lowest BCUT2D eigenvalue weighted by molar-refractivity contribution is -0.140. The van der Waals surface area contributed by atoms with Crippen LogP contribution < -0.4 is 9.80 Å². The molecule has 0 heterocycles. The molecule has 5 aromatic rings. The van der Waals surface area contributed by atoms with Gasteiger partial charge in [-0.2, -0.15) is 0 Å². The maximum atomic E-state index is 11.9. The molecule has 4 heteroatoms. The van der Waals surface area contributed by atoms with Crippen molar-refractivity contribution in [1.29, 1.82) is 0 Å². The Kier molecular flexibility index (Phi) is 9.49. The zero-order chi connectivity index (χ0) is 32.8. The molecule has 0 amide bonds. The summed E-state index contributed by atoms with van der Waals surface area (Å²) in [6.07, 6.45) is 9.74. The van der Waals surface area contributed by atoms with Crippen LogP contribution in [0.3, 0.4) is 0 Å². The molecule has 0 fully saturated rings. The third kappa shape index (κ3) is 7.45. The van der Waals surface area contributed by atoms with E-state index >= 15 is 0 Å². The van der Waals surface area contributed by atoms with Gasteiger partial charge >= 0.3 is 5.97 Å². The first-order valence-electron chi connectivity index (χ1n) is 16.0. The Labute approximate surface area is 278 Å². The van der Waals surface area contributed by atoms with Gasteiger partial charge in [-0.3, -0.25) is 0 Å². The first kappa shape index (κ1) is 31.4. The second-order valence-corrected chi connectivity index (χ2v) is 12.1. The summed E-state index contributed by atoms with van der Waals surface area (Å²) in [6.45, 7) is 9.74. The Morgan fingerprint density at radius 1 is 0.660 bits per heavy atom. The van der Waals surface area contributed by atoms with Gasteiger partial charge in [0.2, 0.25) is 0 Å². The molecule has 0 N–H and O–H groups in total. The molecule has 0 saturated carbocycles. The van der Waals surface area contributed by atoms with Gasteiger partial charge in [-0.1, -0.05) is 103 Å². The van der Waals surface area contributed by atoms with Crippen molar-refractivity contribution in [2.45, 2.75) is 39.8 Å². The van der Waals surface area contributed by atoms with E-state index in [0.717, 1.165) is 34.6 Å². The predicted octanol–water partition coefficient (Wildman–Crippen LogP) is 11.1. The molecule has 0 bridgehead atoms. The standard InChI is InChI=1S/C43H40N2O2/c1-31(2)43(46)47-30-34-14-24-40(25-15-34)45(39-22-12-33(4)13-23-39)42-28-18-36(19-29-42)35-16-26-41(27-17-35)44(37-8-6-5-7-9-37)38-20-10-32(3)11-21-38/h5-8,10-29,37H,1,9,30H2,2-4H3. The Hall–Kier alpha value is -5.61. The van der Waals surface area contributed by atoms with Crippen molar-refractivity contribution in [1.82, 2.24) is 0 Å². The molecule has 0 radical (unpaired) electrons. The minimum Gasteiger partial charge on any atom is -0.457 e. The summed E-state index contributed by atoms with van der Waals surface area (Å²) in [5, 5.41) is 0. The average molecular weight is 617 g/mol. The highest BCUT2D eigenvalue weighted by Crippen LogP contribution is 2.37. The number of esters is 1. The first-order valence-corrected chi connectivity index (χ1v) is 16.0. The monoisotopic (exact) mass is 616 g/mol. The highest BCUT2D eigenvalue weighted by Gasteiger charge is 2.19. The number of anilines is 5. The molecule has 1 aliphatic rings. The van der Waals surface area contributed by atoms with Gasteiger partial charge in [-0.05, 0) is 105 Å². The Bertz CT molecular complexity index is 1880. The second kappa shape index (κ2) is 14.2. The van der Waals surface area contributed by atoms with Crippen molar-refractivity contribution >= 4 is 34.4 Å². The van der Waals surface area contributed by atoms with E-state index in [1.165, 1.54) is 28.1 Å². The Morgan fingerprint density at radius 2 is 1.11 bits per heavy atom. The van der Waals surface area contributed by atoms with Crippen molar-refractivity contribution < 1.29 is 9.53 Å². The molecule has 1 aliphatic carbocycles. The SMILES string of the molecule is C=C(C)C(=O)OCc1ccc(N(c2ccc(C)cc2)c2ccc(-c3ccc(N(c4ccc(C)cc4)C4C=CC=CC4)cc3)cc2)cc1. The number of ether oxygens (including phenoxy) is 1. The smallest absolute Gasteiger partial charge is 0.333 e. The van der Waals surface area contributed by atoms with Gasteiger partial charge in [0.05, 0.1) is 6.04 Å². The van der Waals surface area contributed by atoms with Gasteiger partial charge < -0.3 is 14.5 Å². The van der Waals surface area contributed by atoms with E-state index in [9.17, 15) is 4.79 Å². The summed E-state index contributed by atoms with van der Waals surface area (Å²) in [6, 6.07) is 43.3. The number of carbonyl (C=O) groups is 1. The van der Waals surface area contributed by atoms with Crippen molar-refractivity contribution in [2.24, 2.45) is 0 Å². The number of rotatable bonds is 10. The number of nitrogens with zero attached hydrogens (tertiary/aromatic N) is 2. The van der Waals surface area contributed by atoms with Crippen LogP contribution in [0.5, 0.6) is 0 Å². The molecule has 0 spiro atoms. The van der Waals surface area contributed by atoms with Crippen LogP contribution in [-0.2, 0) is 16.1 Å². The number of aryl methyl sites for hydroxylation is 2. The van der Waals surface area contributed by atoms with E-state index in [1.807, 2.05) is 12.1 Å². The number of benzene rings is 5. The van der Waals surface area contributed by atoms with E-state index < -0.39 is 0 Å². The fraction of sp³-hybridized carbons (Fsp3) is 0.140. The normalized spacial score (nSPS) is 13.6. The second-order valence-electron chi connectivity index (χ2n) is 12.1. The molecular formula is C43H40N2O2. The summed E-state index contributed by atoms with van der Waals surface area (Å²) < 4.78 is 5.35. The summed E-state index contributed by atoms with van der Waals surface area (Å²) in [4.78, 5) is 16.5. The fourth-order valence-corrected chi connectivity index (χ4v) is 5.77. The molecule has 4 nitrogen and oxygen atoms in total. The van der Waals surface area contributed by atoms with Gasteiger partial charge in [0, 0.05) is 34.0 Å². The minimum atomic E-state index is -0.382. The summed E-state index contributed by atoms with van der Waals surface area (Å²) in [7, 11) is 0. The molecule has 47 heavy (non-hydrogen) atoms. The Morgan fingerprint density at radius 3 is 1.57 bits per heavy atom. The zero-order valence-corrected chi connectivity index (χ0v) is 27.3. The zero-order valence-electron chi connectivity index (χ0n) is 27.3. The number of hydrogen-bond acceptors (Lipinski definition) is 4. The lowest BCUT2D eigenvalue weighted by Crippen LogP contribution is -2.29. The van der Waals surface area contributed by atoms with Crippen LogP contribution in [0, 0.1) is 13.8 Å². The topological polar surface area (TPSA) is 32.8 Å². The first-order chi connectivity index (χ1) is 22.9. The molecular weight excluding hydrogens is 576 g/mol. The quantitative estimate of drug-likeness (QED) is 0.115. The van der Waals surface area contributed by atoms with Crippen LogP contribution in [0.4, 0.5) is 28.4 Å².